The summed E-state index contributed by atoms with van der Waals surface area (Å²) >= 11 is 3.17. The molecular weight excluding hydrogens is 408 g/mol. The van der Waals surface area contributed by atoms with Crippen LogP contribution in [-0.2, 0) is 14.8 Å². The number of pyridine rings is 1. The van der Waals surface area contributed by atoms with Crippen LogP contribution < -0.4 is 11.1 Å². The zero-order valence-corrected chi connectivity index (χ0v) is 16.5. The van der Waals surface area contributed by atoms with Gasteiger partial charge in [-0.1, -0.05) is 6.07 Å². The monoisotopic (exact) mass is 426 g/mol. The summed E-state index contributed by atoms with van der Waals surface area (Å²) in [6.07, 6.45) is 1.40. The van der Waals surface area contributed by atoms with E-state index in [1.807, 2.05) is 32.0 Å². The highest BCUT2D eigenvalue weighted by molar-refractivity contribution is 9.10. The molecule has 1 aromatic heterocycles. The molecule has 3 N–H and O–H groups in total. The SMILES string of the molecule is Cc1cc(C)cc(NC(=O)CN(C)S(=O)(=O)c2cc(Br)cnc2N)c1. The van der Waals surface area contributed by atoms with Crippen LogP contribution in [0.3, 0.4) is 0 Å². The number of nitrogen functional groups attached to an aromatic ring is 1. The third-order valence-electron chi connectivity index (χ3n) is 3.41. The third-order valence-corrected chi connectivity index (χ3v) is 5.67. The minimum Gasteiger partial charge on any atom is -0.383 e. The van der Waals surface area contributed by atoms with Crippen LogP contribution >= 0.6 is 15.9 Å². The van der Waals surface area contributed by atoms with Crippen LogP contribution in [-0.4, -0.2) is 37.2 Å². The van der Waals surface area contributed by atoms with Gasteiger partial charge in [0.2, 0.25) is 15.9 Å². The van der Waals surface area contributed by atoms with E-state index >= 15 is 0 Å². The Labute approximate surface area is 155 Å². The molecule has 0 saturated carbocycles. The Bertz CT molecular complexity index is 895. The second-order valence-corrected chi connectivity index (χ2v) is 8.65. The number of benzene rings is 1. The predicted molar refractivity (Wildman–Crippen MR) is 101 cm³/mol. The van der Waals surface area contributed by atoms with Gasteiger partial charge in [-0.3, -0.25) is 4.79 Å². The van der Waals surface area contributed by atoms with E-state index in [-0.39, 0.29) is 17.3 Å². The van der Waals surface area contributed by atoms with Crippen LogP contribution in [0, 0.1) is 13.8 Å². The van der Waals surface area contributed by atoms with Gasteiger partial charge in [0.05, 0.1) is 6.54 Å². The largest absolute Gasteiger partial charge is 0.383 e. The smallest absolute Gasteiger partial charge is 0.246 e. The fourth-order valence-electron chi connectivity index (χ4n) is 2.34. The van der Waals surface area contributed by atoms with E-state index in [0.717, 1.165) is 15.4 Å². The normalized spacial score (nSPS) is 11.6. The van der Waals surface area contributed by atoms with Gasteiger partial charge in [0.1, 0.15) is 10.7 Å². The molecule has 0 aliphatic heterocycles. The maximum absolute atomic E-state index is 12.6. The number of hydrogen-bond acceptors (Lipinski definition) is 5. The second-order valence-electron chi connectivity index (χ2n) is 5.72. The van der Waals surface area contributed by atoms with Crippen LogP contribution in [0.4, 0.5) is 11.5 Å². The molecule has 134 valence electrons. The number of carbonyl (C=O) groups is 1. The molecule has 0 saturated heterocycles. The summed E-state index contributed by atoms with van der Waals surface area (Å²) in [6, 6.07) is 6.97. The topological polar surface area (TPSA) is 105 Å². The number of sulfonamides is 1. The fourth-order valence-corrected chi connectivity index (χ4v) is 4.04. The highest BCUT2D eigenvalue weighted by atomic mass is 79.9. The average molecular weight is 427 g/mol. The van der Waals surface area contributed by atoms with Crippen molar-refractivity contribution in [3.05, 3.63) is 46.1 Å². The van der Waals surface area contributed by atoms with Gasteiger partial charge in [0, 0.05) is 23.4 Å². The number of nitrogens with two attached hydrogens (primary N) is 1. The molecule has 0 aliphatic rings. The molecule has 9 heteroatoms. The first-order valence-corrected chi connectivity index (χ1v) is 9.58. The van der Waals surface area contributed by atoms with E-state index in [4.69, 9.17) is 5.73 Å². The van der Waals surface area contributed by atoms with Crippen LogP contribution in [0.1, 0.15) is 11.1 Å². The van der Waals surface area contributed by atoms with Crippen molar-refractivity contribution in [2.24, 2.45) is 0 Å². The van der Waals surface area contributed by atoms with Crippen molar-refractivity contribution in [3.63, 3.8) is 0 Å². The number of amides is 1. The summed E-state index contributed by atoms with van der Waals surface area (Å²) in [5, 5.41) is 2.70. The van der Waals surface area contributed by atoms with Crippen LogP contribution in [0.25, 0.3) is 0 Å². The number of hydrogen-bond donors (Lipinski definition) is 2. The summed E-state index contributed by atoms with van der Waals surface area (Å²) in [5.74, 6) is -0.567. The number of halogens is 1. The first-order chi connectivity index (χ1) is 11.6. The van der Waals surface area contributed by atoms with Gasteiger partial charge < -0.3 is 11.1 Å². The highest BCUT2D eigenvalue weighted by Crippen LogP contribution is 2.23. The Morgan fingerprint density at radius 3 is 2.44 bits per heavy atom. The van der Waals surface area contributed by atoms with Crippen molar-refractivity contribution in [3.8, 4) is 0 Å². The number of carbonyl (C=O) groups excluding carboxylic acids is 1. The molecule has 0 aliphatic carbocycles. The molecule has 1 aromatic carbocycles. The number of nitrogens with one attached hydrogen (secondary N) is 1. The van der Waals surface area contributed by atoms with Gasteiger partial charge in [0.25, 0.3) is 0 Å². The quantitative estimate of drug-likeness (QED) is 0.762. The summed E-state index contributed by atoms with van der Waals surface area (Å²) in [7, 11) is -2.62. The average Bonchev–Trinajstić information content (AvgIpc) is 2.48. The minimum atomic E-state index is -3.94. The Kier molecular flexibility index (Phi) is 5.81. The predicted octanol–water partition coefficient (Wildman–Crippen LogP) is 2.30. The molecular formula is C16H19BrN4O3S. The number of anilines is 2. The Hall–Kier alpha value is -1.97. The molecule has 1 heterocycles. The molecule has 25 heavy (non-hydrogen) atoms. The van der Waals surface area contributed by atoms with Gasteiger partial charge >= 0.3 is 0 Å². The van der Waals surface area contributed by atoms with Crippen molar-refractivity contribution in [2.45, 2.75) is 18.7 Å². The zero-order chi connectivity index (χ0) is 18.8. The van der Waals surface area contributed by atoms with E-state index in [1.165, 1.54) is 19.3 Å². The second kappa shape index (κ2) is 7.51. The lowest BCUT2D eigenvalue weighted by atomic mass is 10.1. The van der Waals surface area contributed by atoms with Crippen LogP contribution in [0.5, 0.6) is 0 Å². The molecule has 0 radical (unpaired) electrons. The molecule has 2 rings (SSSR count). The maximum Gasteiger partial charge on any atom is 0.246 e. The lowest BCUT2D eigenvalue weighted by Crippen LogP contribution is -2.35. The minimum absolute atomic E-state index is 0.121. The van der Waals surface area contributed by atoms with E-state index < -0.39 is 15.9 Å². The van der Waals surface area contributed by atoms with E-state index in [0.29, 0.717) is 10.2 Å². The van der Waals surface area contributed by atoms with Crippen molar-refractivity contribution >= 4 is 43.4 Å². The first kappa shape index (κ1) is 19.4. The zero-order valence-electron chi connectivity index (χ0n) is 14.1. The van der Waals surface area contributed by atoms with Crippen molar-refractivity contribution < 1.29 is 13.2 Å². The number of aromatic nitrogens is 1. The van der Waals surface area contributed by atoms with Crippen LogP contribution in [0.15, 0.2) is 39.8 Å². The molecule has 0 unspecified atom stereocenters. The first-order valence-electron chi connectivity index (χ1n) is 7.35. The summed E-state index contributed by atoms with van der Waals surface area (Å²) < 4.78 is 26.6. The Balaban J connectivity index is 2.16. The fraction of sp³-hybridized carbons (Fsp3) is 0.250. The molecule has 2 aromatic rings. The van der Waals surface area contributed by atoms with Gasteiger partial charge in [-0.2, -0.15) is 4.31 Å². The molecule has 0 bridgehead atoms. The van der Waals surface area contributed by atoms with Crippen LogP contribution in [0.2, 0.25) is 0 Å². The number of rotatable bonds is 5. The molecule has 0 spiro atoms. The number of nitrogens with zero attached hydrogens (tertiary/aromatic N) is 2. The van der Waals surface area contributed by atoms with E-state index in [9.17, 15) is 13.2 Å². The summed E-state index contributed by atoms with van der Waals surface area (Å²) in [6.45, 7) is 3.49. The highest BCUT2D eigenvalue weighted by Gasteiger charge is 2.26. The standard InChI is InChI=1S/C16H19BrN4O3S/c1-10-4-11(2)6-13(5-10)20-15(22)9-21(3)25(23,24)14-7-12(17)8-19-16(14)18/h4-8H,9H2,1-3H3,(H2,18,19)(H,20,22). The van der Waals surface area contributed by atoms with Crippen molar-refractivity contribution in [1.29, 1.82) is 0 Å². The van der Waals surface area contributed by atoms with E-state index in [1.54, 1.807) is 0 Å². The molecule has 1 amide bonds. The maximum atomic E-state index is 12.6. The van der Waals surface area contributed by atoms with Crippen molar-refractivity contribution in [1.82, 2.24) is 9.29 Å². The van der Waals surface area contributed by atoms with Crippen molar-refractivity contribution in [2.75, 3.05) is 24.6 Å². The van der Waals surface area contributed by atoms with Gasteiger partial charge in [0.15, 0.2) is 0 Å². The lowest BCUT2D eigenvalue weighted by molar-refractivity contribution is -0.116. The molecule has 7 nitrogen and oxygen atoms in total. The van der Waals surface area contributed by atoms with Gasteiger partial charge in [-0.15, -0.1) is 0 Å². The Morgan fingerprint density at radius 2 is 1.84 bits per heavy atom. The lowest BCUT2D eigenvalue weighted by Gasteiger charge is -2.18. The third kappa shape index (κ3) is 4.77. The van der Waals surface area contributed by atoms with Gasteiger partial charge in [-0.05, 0) is 59.1 Å². The molecule has 0 fully saturated rings. The summed E-state index contributed by atoms with van der Waals surface area (Å²) in [4.78, 5) is 15.9. The number of likely N-dealkylation sites (N-methyl/N-ethyl adjacent to an activating group) is 1. The molecule has 0 atom stereocenters. The van der Waals surface area contributed by atoms with E-state index in [2.05, 4.69) is 26.2 Å². The Morgan fingerprint density at radius 1 is 1.24 bits per heavy atom. The number of aryl methyl sites for hydroxylation is 2. The van der Waals surface area contributed by atoms with Gasteiger partial charge in [-0.25, -0.2) is 13.4 Å². The summed E-state index contributed by atoms with van der Waals surface area (Å²) in [5.41, 5.74) is 8.29.